The molecule has 1 aromatic carbocycles. The molecule has 188 valence electrons. The zero-order chi connectivity index (χ0) is 26.8. The van der Waals surface area contributed by atoms with Crippen LogP contribution in [0.1, 0.15) is 18.9 Å². The maximum absolute atomic E-state index is 14.5. The van der Waals surface area contributed by atoms with E-state index in [1.54, 1.807) is 0 Å². The molecule has 1 aromatic heterocycles. The molecule has 0 aliphatic rings. The third-order valence-corrected chi connectivity index (χ3v) is 6.91. The number of nitrogens with zero attached hydrogens (tertiary/aromatic N) is 3. The van der Waals surface area contributed by atoms with Gasteiger partial charge in [-0.05, 0) is 57.3 Å². The van der Waals surface area contributed by atoms with Gasteiger partial charge >= 0.3 is 0 Å². The van der Waals surface area contributed by atoms with Crippen LogP contribution in [-0.4, -0.2) is 77.2 Å². The van der Waals surface area contributed by atoms with Gasteiger partial charge in [-0.25, -0.2) is 23.3 Å². The van der Waals surface area contributed by atoms with Crippen LogP contribution in [0.5, 0.6) is 0 Å². The van der Waals surface area contributed by atoms with Gasteiger partial charge in [-0.3, -0.25) is 29.1 Å². The SMILES string of the molecule is CN(C)CC#CC#Cc1cc2ncn(CCC(C)(C(=O)NO)S(C)(=O)=O)c(=O)c2cc1F.O=CO. The van der Waals surface area contributed by atoms with Crippen LogP contribution in [0.4, 0.5) is 4.39 Å². The predicted octanol–water partition coefficient (Wildman–Crippen LogP) is -0.148. The van der Waals surface area contributed by atoms with Crippen molar-refractivity contribution in [3.63, 3.8) is 0 Å². The van der Waals surface area contributed by atoms with Gasteiger partial charge in [-0.1, -0.05) is 5.92 Å². The molecular formula is C22H25FN4O7S. The predicted molar refractivity (Wildman–Crippen MR) is 126 cm³/mol. The van der Waals surface area contributed by atoms with E-state index in [4.69, 9.17) is 15.1 Å². The summed E-state index contributed by atoms with van der Waals surface area (Å²) in [7, 11) is -0.221. The molecule has 3 N–H and O–H groups in total. The number of carbonyl (C=O) groups excluding carboxylic acids is 1. The maximum atomic E-state index is 14.5. The van der Waals surface area contributed by atoms with Crippen molar-refractivity contribution in [2.75, 3.05) is 26.9 Å². The lowest BCUT2D eigenvalue weighted by Crippen LogP contribution is -2.50. The molecule has 1 amide bonds. The molecule has 0 aliphatic heterocycles. The van der Waals surface area contributed by atoms with Crippen LogP contribution >= 0.6 is 0 Å². The van der Waals surface area contributed by atoms with Crippen molar-refractivity contribution < 1.29 is 32.7 Å². The molecule has 0 radical (unpaired) electrons. The van der Waals surface area contributed by atoms with E-state index in [9.17, 15) is 22.4 Å². The van der Waals surface area contributed by atoms with E-state index >= 15 is 0 Å². The van der Waals surface area contributed by atoms with Crippen molar-refractivity contribution >= 4 is 33.1 Å². The van der Waals surface area contributed by atoms with E-state index in [0.29, 0.717) is 6.54 Å². The molecule has 2 aromatic rings. The molecule has 1 heterocycles. The Morgan fingerprint density at radius 2 is 1.97 bits per heavy atom. The Kier molecular flexibility index (Phi) is 10.5. The Bertz CT molecular complexity index is 1380. The fraction of sp³-hybridized carbons (Fsp3) is 0.364. The van der Waals surface area contributed by atoms with E-state index < -0.39 is 31.9 Å². The molecule has 0 saturated carbocycles. The Labute approximate surface area is 201 Å². The third-order valence-electron chi connectivity index (χ3n) is 4.89. The number of rotatable bonds is 6. The normalized spacial score (nSPS) is 12.2. The topological polar surface area (TPSA) is 159 Å². The first-order valence-corrected chi connectivity index (χ1v) is 11.8. The van der Waals surface area contributed by atoms with Gasteiger partial charge in [0.25, 0.3) is 17.9 Å². The minimum Gasteiger partial charge on any atom is -0.483 e. The second-order valence-corrected chi connectivity index (χ2v) is 10.1. The summed E-state index contributed by atoms with van der Waals surface area (Å²) in [4.78, 5) is 39.0. The van der Waals surface area contributed by atoms with E-state index in [1.807, 2.05) is 19.0 Å². The summed E-state index contributed by atoms with van der Waals surface area (Å²) in [6.45, 7) is 1.19. The van der Waals surface area contributed by atoms with Gasteiger partial charge in [0, 0.05) is 12.8 Å². The summed E-state index contributed by atoms with van der Waals surface area (Å²) in [6, 6.07) is 2.34. The third kappa shape index (κ3) is 7.61. The van der Waals surface area contributed by atoms with Crippen molar-refractivity contribution in [1.29, 1.82) is 0 Å². The number of hydrogen-bond acceptors (Lipinski definition) is 8. The van der Waals surface area contributed by atoms with Gasteiger partial charge in [0.2, 0.25) is 0 Å². The number of hydroxylamine groups is 1. The smallest absolute Gasteiger partial charge is 0.290 e. The second-order valence-electron chi connectivity index (χ2n) is 7.68. The molecule has 1 atom stereocenters. The summed E-state index contributed by atoms with van der Waals surface area (Å²) in [5.41, 5.74) is 0.968. The second kappa shape index (κ2) is 12.6. The first-order valence-electron chi connectivity index (χ1n) is 9.86. The summed E-state index contributed by atoms with van der Waals surface area (Å²) in [5, 5.41) is 15.8. The maximum Gasteiger partial charge on any atom is 0.290 e. The quantitative estimate of drug-likeness (QED) is 0.209. The fourth-order valence-electron chi connectivity index (χ4n) is 2.69. The van der Waals surface area contributed by atoms with Crippen molar-refractivity contribution in [2.24, 2.45) is 0 Å². The molecule has 35 heavy (non-hydrogen) atoms. The Hall–Kier alpha value is -3.78. The number of amides is 1. The van der Waals surface area contributed by atoms with Crippen LogP contribution in [-0.2, 0) is 26.0 Å². The highest BCUT2D eigenvalue weighted by Gasteiger charge is 2.43. The number of aromatic nitrogens is 2. The lowest BCUT2D eigenvalue weighted by molar-refractivity contribution is -0.131. The van der Waals surface area contributed by atoms with Crippen LogP contribution in [0.25, 0.3) is 10.9 Å². The number of sulfone groups is 1. The van der Waals surface area contributed by atoms with E-state index in [0.717, 1.165) is 23.8 Å². The van der Waals surface area contributed by atoms with Crippen molar-refractivity contribution in [3.8, 4) is 23.7 Å². The number of hydrogen-bond donors (Lipinski definition) is 3. The standard InChI is InChI=1S/C21H23FN4O5S.CH2O2/c1-21(20(28)24-29,32(4,30)31)9-11-26-14-23-18-12-15(8-6-5-7-10-25(2)3)17(22)13-16(18)19(26)27;2-1-3/h12-14,29H,9-11H2,1-4H3,(H,24,28);1H,(H,2,3). The lowest BCUT2D eigenvalue weighted by Gasteiger charge is -2.25. The minimum atomic E-state index is -3.93. The fourth-order valence-corrected chi connectivity index (χ4v) is 3.54. The van der Waals surface area contributed by atoms with Crippen molar-refractivity contribution in [3.05, 3.63) is 40.2 Å². The molecule has 0 aliphatic carbocycles. The Morgan fingerprint density at radius 1 is 1.34 bits per heavy atom. The zero-order valence-electron chi connectivity index (χ0n) is 19.5. The summed E-state index contributed by atoms with van der Waals surface area (Å²) < 4.78 is 37.7. The molecule has 1 unspecified atom stereocenters. The summed E-state index contributed by atoms with van der Waals surface area (Å²) in [6.07, 6.45) is 1.71. The van der Waals surface area contributed by atoms with Crippen molar-refractivity contribution in [2.45, 2.75) is 24.6 Å². The monoisotopic (exact) mass is 508 g/mol. The molecule has 0 saturated heterocycles. The number of carbonyl (C=O) groups is 2. The number of carboxylic acid groups (broad SMARTS) is 1. The van der Waals surface area contributed by atoms with E-state index in [1.165, 1.54) is 17.9 Å². The van der Waals surface area contributed by atoms with Crippen LogP contribution < -0.4 is 11.0 Å². The zero-order valence-corrected chi connectivity index (χ0v) is 20.3. The summed E-state index contributed by atoms with van der Waals surface area (Å²) >= 11 is 0. The lowest BCUT2D eigenvalue weighted by atomic mass is 10.1. The van der Waals surface area contributed by atoms with Crippen LogP contribution in [0, 0.1) is 29.5 Å². The van der Waals surface area contributed by atoms with Gasteiger partial charge in [-0.15, -0.1) is 0 Å². The van der Waals surface area contributed by atoms with Crippen LogP contribution in [0.2, 0.25) is 0 Å². The Morgan fingerprint density at radius 3 is 2.51 bits per heavy atom. The average Bonchev–Trinajstić information content (AvgIpc) is 2.78. The molecule has 0 fully saturated rings. The largest absolute Gasteiger partial charge is 0.483 e. The highest BCUT2D eigenvalue weighted by molar-refractivity contribution is 7.92. The first-order chi connectivity index (χ1) is 16.3. The van der Waals surface area contributed by atoms with Gasteiger partial charge in [0.05, 0.1) is 29.3 Å². The molecule has 11 nitrogen and oxygen atoms in total. The van der Waals surface area contributed by atoms with Crippen LogP contribution in [0.15, 0.2) is 23.3 Å². The van der Waals surface area contributed by atoms with E-state index in [-0.39, 0.29) is 35.9 Å². The van der Waals surface area contributed by atoms with Gasteiger partial charge in [-0.2, -0.15) is 0 Å². The Balaban J connectivity index is 0.00000194. The molecule has 13 heteroatoms. The molecule has 2 rings (SSSR count). The summed E-state index contributed by atoms with van der Waals surface area (Å²) in [5.74, 6) is 8.71. The van der Waals surface area contributed by atoms with Gasteiger partial charge in [0.15, 0.2) is 14.6 Å². The van der Waals surface area contributed by atoms with Crippen molar-refractivity contribution in [1.82, 2.24) is 19.9 Å². The first kappa shape index (κ1) is 29.3. The highest BCUT2D eigenvalue weighted by atomic mass is 32.2. The minimum absolute atomic E-state index is 0.0260. The molecule has 0 bridgehead atoms. The number of benzene rings is 1. The number of aryl methyl sites for hydroxylation is 1. The highest BCUT2D eigenvalue weighted by Crippen LogP contribution is 2.22. The number of nitrogens with one attached hydrogen (secondary N) is 1. The van der Waals surface area contributed by atoms with E-state index in [2.05, 4.69) is 28.7 Å². The van der Waals surface area contributed by atoms with Gasteiger partial charge < -0.3 is 5.11 Å². The average molecular weight is 509 g/mol. The van der Waals surface area contributed by atoms with Gasteiger partial charge in [0.1, 0.15) is 5.82 Å². The number of halogens is 1. The molecule has 0 spiro atoms. The molecular weight excluding hydrogens is 483 g/mol. The number of fused-ring (bicyclic) bond motifs is 1. The van der Waals surface area contributed by atoms with Crippen LogP contribution in [0.3, 0.4) is 0 Å².